The number of nitrogens with zero attached hydrogens (tertiary/aromatic N) is 2. The summed E-state index contributed by atoms with van der Waals surface area (Å²) in [7, 11) is 3.29. The van der Waals surface area contributed by atoms with Crippen LogP contribution in [0.1, 0.15) is 12.1 Å². The van der Waals surface area contributed by atoms with Crippen LogP contribution >= 0.6 is 0 Å². The Balaban J connectivity index is 2.28. The van der Waals surface area contributed by atoms with Crippen LogP contribution in [0.4, 0.5) is 0 Å². The zero-order valence-corrected chi connectivity index (χ0v) is 10.3. The zero-order valence-electron chi connectivity index (χ0n) is 10.3. The third-order valence-corrected chi connectivity index (χ3v) is 2.13. The van der Waals surface area contributed by atoms with E-state index >= 15 is 0 Å². The molecule has 0 fully saturated rings. The molecule has 1 aromatic heterocycles. The number of aromatic nitrogens is 2. The van der Waals surface area contributed by atoms with Gasteiger partial charge in [-0.15, -0.1) is 0 Å². The first-order valence-electron chi connectivity index (χ1n) is 5.59. The van der Waals surface area contributed by atoms with E-state index < -0.39 is 0 Å². The van der Waals surface area contributed by atoms with Gasteiger partial charge in [-0.2, -0.15) is 0 Å². The average Bonchev–Trinajstić information content (AvgIpc) is 2.38. The molecule has 1 rings (SSSR count). The number of rotatable bonds is 8. The van der Waals surface area contributed by atoms with Gasteiger partial charge in [0.05, 0.1) is 13.7 Å². The Morgan fingerprint density at radius 2 is 2.06 bits per heavy atom. The smallest absolute Gasteiger partial charge is 0.239 e. The summed E-state index contributed by atoms with van der Waals surface area (Å²) in [4.78, 5) is 8.25. The molecule has 0 amide bonds. The van der Waals surface area contributed by atoms with Gasteiger partial charge in [-0.05, 0) is 19.0 Å². The highest BCUT2D eigenvalue weighted by atomic mass is 16.5. The van der Waals surface area contributed by atoms with Crippen molar-refractivity contribution in [2.75, 3.05) is 33.9 Å². The lowest BCUT2D eigenvalue weighted by Gasteiger charge is -2.02. The number of hydrogen-bond donors (Lipinski definition) is 1. The fourth-order valence-electron chi connectivity index (χ4n) is 1.29. The highest BCUT2D eigenvalue weighted by molar-refractivity contribution is 5.49. The molecule has 1 aromatic rings. The highest BCUT2D eigenvalue weighted by Gasteiger charge is 1.99. The van der Waals surface area contributed by atoms with Crippen LogP contribution in [-0.4, -0.2) is 43.9 Å². The van der Waals surface area contributed by atoms with Crippen LogP contribution in [0.15, 0.2) is 18.5 Å². The van der Waals surface area contributed by atoms with Gasteiger partial charge in [0.25, 0.3) is 0 Å². The van der Waals surface area contributed by atoms with E-state index in [1.807, 2.05) is 12.2 Å². The largest absolute Gasteiger partial charge is 0.479 e. The second-order valence-electron chi connectivity index (χ2n) is 3.38. The average molecular weight is 237 g/mol. The summed E-state index contributed by atoms with van der Waals surface area (Å²) in [5.41, 5.74) is 0.756. The fourth-order valence-corrected chi connectivity index (χ4v) is 1.29. The molecule has 0 unspecified atom stereocenters. The maximum atomic E-state index is 5.10. The molecule has 0 atom stereocenters. The van der Waals surface area contributed by atoms with Crippen LogP contribution in [0.3, 0.4) is 0 Å². The summed E-state index contributed by atoms with van der Waals surface area (Å²) in [6.45, 7) is 2.53. The first kappa shape index (κ1) is 13.6. The molecule has 0 aliphatic rings. The molecule has 0 aliphatic carbocycles. The second kappa shape index (κ2) is 8.66. The molecule has 1 N–H and O–H groups in total. The van der Waals surface area contributed by atoms with Crippen molar-refractivity contribution in [1.82, 2.24) is 15.3 Å². The van der Waals surface area contributed by atoms with Gasteiger partial charge in [0, 0.05) is 26.0 Å². The molecular formula is C12H19N3O2. The fraction of sp³-hybridized carbons (Fsp3) is 0.500. The van der Waals surface area contributed by atoms with Crippen molar-refractivity contribution < 1.29 is 9.47 Å². The van der Waals surface area contributed by atoms with E-state index in [2.05, 4.69) is 15.3 Å². The van der Waals surface area contributed by atoms with Crippen LogP contribution in [0, 0.1) is 0 Å². The van der Waals surface area contributed by atoms with E-state index in [-0.39, 0.29) is 0 Å². The van der Waals surface area contributed by atoms with E-state index in [4.69, 9.17) is 9.47 Å². The topological polar surface area (TPSA) is 56.3 Å². The predicted molar refractivity (Wildman–Crippen MR) is 67.0 cm³/mol. The molecule has 94 valence electrons. The van der Waals surface area contributed by atoms with E-state index in [0.717, 1.165) is 31.8 Å². The lowest BCUT2D eigenvalue weighted by Crippen LogP contribution is -2.19. The van der Waals surface area contributed by atoms with Crippen LogP contribution in [-0.2, 0) is 4.74 Å². The highest BCUT2D eigenvalue weighted by Crippen LogP contribution is 2.11. The van der Waals surface area contributed by atoms with Gasteiger partial charge in [-0.1, -0.05) is 6.08 Å². The van der Waals surface area contributed by atoms with Crippen molar-refractivity contribution in [2.24, 2.45) is 0 Å². The molecule has 5 heteroatoms. The Hall–Kier alpha value is -1.46. The summed E-state index contributed by atoms with van der Waals surface area (Å²) < 4.78 is 10.0. The van der Waals surface area contributed by atoms with Gasteiger partial charge >= 0.3 is 0 Å². The number of nitrogens with one attached hydrogen (secondary N) is 1. The first-order chi connectivity index (χ1) is 8.38. The van der Waals surface area contributed by atoms with Crippen molar-refractivity contribution in [3.05, 3.63) is 24.2 Å². The van der Waals surface area contributed by atoms with Crippen LogP contribution in [0.25, 0.3) is 6.08 Å². The SMILES string of the molecule is COCCNCC/C=C/c1nccnc1OC. The molecule has 0 spiro atoms. The van der Waals surface area contributed by atoms with Gasteiger partial charge in [-0.3, -0.25) is 0 Å². The van der Waals surface area contributed by atoms with Crippen molar-refractivity contribution >= 4 is 6.08 Å². The predicted octanol–water partition coefficient (Wildman–Crippen LogP) is 1.12. The van der Waals surface area contributed by atoms with E-state index in [1.54, 1.807) is 26.6 Å². The summed E-state index contributed by atoms with van der Waals surface area (Å²) in [5, 5.41) is 3.26. The van der Waals surface area contributed by atoms with Crippen molar-refractivity contribution in [3.63, 3.8) is 0 Å². The Kier molecular flexibility index (Phi) is 6.93. The van der Waals surface area contributed by atoms with Gasteiger partial charge in [-0.25, -0.2) is 9.97 Å². The molecule has 0 radical (unpaired) electrons. The minimum atomic E-state index is 0.552. The molecule has 5 nitrogen and oxygen atoms in total. The van der Waals surface area contributed by atoms with Gasteiger partial charge < -0.3 is 14.8 Å². The summed E-state index contributed by atoms with van der Waals surface area (Å²) in [6.07, 6.45) is 8.17. The molecule has 0 aliphatic heterocycles. The van der Waals surface area contributed by atoms with E-state index in [1.165, 1.54) is 0 Å². The molecule has 1 heterocycles. The monoisotopic (exact) mass is 237 g/mol. The van der Waals surface area contributed by atoms with E-state index in [9.17, 15) is 0 Å². The van der Waals surface area contributed by atoms with Crippen molar-refractivity contribution in [2.45, 2.75) is 6.42 Å². The van der Waals surface area contributed by atoms with E-state index in [0.29, 0.717) is 5.88 Å². The number of methoxy groups -OCH3 is 2. The third kappa shape index (κ3) is 5.42. The molecular weight excluding hydrogens is 218 g/mol. The first-order valence-corrected chi connectivity index (χ1v) is 5.59. The third-order valence-electron chi connectivity index (χ3n) is 2.13. The standard InChI is InChI=1S/C12H19N3O2/c1-16-10-9-13-6-4-3-5-11-12(17-2)15-8-7-14-11/h3,5,7-8,13H,4,6,9-10H2,1-2H3/b5-3+. The van der Waals surface area contributed by atoms with Gasteiger partial charge in [0.2, 0.25) is 5.88 Å². The number of ether oxygens (including phenoxy) is 2. The second-order valence-corrected chi connectivity index (χ2v) is 3.38. The van der Waals surface area contributed by atoms with Gasteiger partial charge in [0.15, 0.2) is 0 Å². The Bertz CT molecular complexity index is 342. The van der Waals surface area contributed by atoms with Gasteiger partial charge in [0.1, 0.15) is 5.69 Å². The van der Waals surface area contributed by atoms with Crippen LogP contribution < -0.4 is 10.1 Å². The molecule has 0 bridgehead atoms. The molecule has 17 heavy (non-hydrogen) atoms. The van der Waals surface area contributed by atoms with Crippen molar-refractivity contribution in [1.29, 1.82) is 0 Å². The molecule has 0 aromatic carbocycles. The quantitative estimate of drug-likeness (QED) is 0.687. The van der Waals surface area contributed by atoms with Crippen molar-refractivity contribution in [3.8, 4) is 5.88 Å². The zero-order chi connectivity index (χ0) is 12.3. The minimum absolute atomic E-state index is 0.552. The minimum Gasteiger partial charge on any atom is -0.479 e. The summed E-state index contributed by atoms with van der Waals surface area (Å²) in [5.74, 6) is 0.552. The summed E-state index contributed by atoms with van der Waals surface area (Å²) in [6, 6.07) is 0. The Labute approximate surface area is 102 Å². The number of hydrogen-bond acceptors (Lipinski definition) is 5. The van der Waals surface area contributed by atoms with Crippen LogP contribution in [0.2, 0.25) is 0 Å². The normalized spacial score (nSPS) is 10.9. The summed E-state index contributed by atoms with van der Waals surface area (Å²) >= 11 is 0. The van der Waals surface area contributed by atoms with Crippen LogP contribution in [0.5, 0.6) is 5.88 Å². The lowest BCUT2D eigenvalue weighted by atomic mass is 10.3. The Morgan fingerprint density at radius 1 is 1.24 bits per heavy atom. The lowest BCUT2D eigenvalue weighted by molar-refractivity contribution is 0.199. The Morgan fingerprint density at radius 3 is 2.82 bits per heavy atom. The molecule has 0 saturated heterocycles. The molecule has 0 saturated carbocycles. The maximum Gasteiger partial charge on any atom is 0.239 e. The maximum absolute atomic E-state index is 5.10.